The van der Waals surface area contributed by atoms with E-state index in [9.17, 15) is 4.79 Å². The van der Waals surface area contributed by atoms with Crippen LogP contribution in [0.2, 0.25) is 0 Å². The lowest BCUT2D eigenvalue weighted by Crippen LogP contribution is -2.36. The summed E-state index contributed by atoms with van der Waals surface area (Å²) in [4.78, 5) is 11.8. The van der Waals surface area contributed by atoms with E-state index < -0.39 is 0 Å². The Kier molecular flexibility index (Phi) is 4.71. The number of rotatable bonds is 5. The van der Waals surface area contributed by atoms with Crippen molar-refractivity contribution in [2.75, 3.05) is 13.2 Å². The first-order valence-electron chi connectivity index (χ1n) is 6.64. The maximum absolute atomic E-state index is 11.8. The molecule has 0 radical (unpaired) electrons. The summed E-state index contributed by atoms with van der Waals surface area (Å²) in [5, 5.41) is 9.87. The zero-order chi connectivity index (χ0) is 13.8. The molecular weight excluding hydrogens is 264 g/mol. The molecule has 2 rings (SSSR count). The number of carbonyl (C=O) groups excluding carboxylic acids is 1. The third kappa shape index (κ3) is 3.42. The predicted molar refractivity (Wildman–Crippen MR) is 73.5 cm³/mol. The first kappa shape index (κ1) is 14.2. The van der Waals surface area contributed by atoms with Crippen LogP contribution in [0.3, 0.4) is 0 Å². The van der Waals surface area contributed by atoms with Crippen LogP contribution in [0.5, 0.6) is 0 Å². The van der Waals surface area contributed by atoms with Crippen LogP contribution >= 0.6 is 12.2 Å². The summed E-state index contributed by atoms with van der Waals surface area (Å²) in [5.41, 5.74) is 0. The van der Waals surface area contributed by atoms with Gasteiger partial charge in [0, 0.05) is 25.6 Å². The maximum atomic E-state index is 11.8. The molecule has 1 aromatic heterocycles. The fourth-order valence-corrected chi connectivity index (χ4v) is 2.41. The summed E-state index contributed by atoms with van der Waals surface area (Å²) in [6, 6.07) is 0. The molecule has 2 heterocycles. The highest BCUT2D eigenvalue weighted by Crippen LogP contribution is 2.12. The smallest absolute Gasteiger partial charge is 0.249 e. The van der Waals surface area contributed by atoms with Gasteiger partial charge < -0.3 is 14.6 Å². The van der Waals surface area contributed by atoms with Crippen molar-refractivity contribution in [3.05, 3.63) is 10.6 Å². The quantitative estimate of drug-likeness (QED) is 0.801. The molecule has 0 spiro atoms. The molecule has 106 valence electrons. The van der Waals surface area contributed by atoms with Crippen molar-refractivity contribution in [2.45, 2.75) is 45.3 Å². The molecule has 0 unspecified atom stereocenters. The maximum Gasteiger partial charge on any atom is 0.249 e. The lowest BCUT2D eigenvalue weighted by atomic mass is 10.2. The Balaban J connectivity index is 1.87. The normalized spacial score (nSPS) is 19.0. The number of aromatic nitrogens is 3. The Morgan fingerprint density at radius 1 is 1.68 bits per heavy atom. The van der Waals surface area contributed by atoms with Crippen LogP contribution in [-0.4, -0.2) is 39.9 Å². The van der Waals surface area contributed by atoms with Gasteiger partial charge >= 0.3 is 0 Å². The second-order valence-corrected chi connectivity index (χ2v) is 5.37. The largest absolute Gasteiger partial charge is 0.368 e. The molecule has 1 aliphatic rings. The average molecular weight is 284 g/mol. The Morgan fingerprint density at radius 3 is 3.11 bits per heavy atom. The highest BCUT2D eigenvalue weighted by Gasteiger charge is 2.23. The second kappa shape index (κ2) is 6.29. The van der Waals surface area contributed by atoms with Gasteiger partial charge in [0.2, 0.25) is 5.91 Å². The van der Waals surface area contributed by atoms with Crippen LogP contribution in [0.1, 0.15) is 38.4 Å². The van der Waals surface area contributed by atoms with Gasteiger partial charge in [0.25, 0.3) is 0 Å². The molecule has 7 heteroatoms. The first-order valence-corrected chi connectivity index (χ1v) is 7.05. The zero-order valence-corrected chi connectivity index (χ0v) is 12.1. The van der Waals surface area contributed by atoms with Gasteiger partial charge in [-0.05, 0) is 25.1 Å². The number of aromatic amines is 1. The molecule has 19 heavy (non-hydrogen) atoms. The first-order chi connectivity index (χ1) is 9.09. The van der Waals surface area contributed by atoms with E-state index in [-0.39, 0.29) is 12.0 Å². The van der Waals surface area contributed by atoms with Crippen molar-refractivity contribution < 1.29 is 9.53 Å². The van der Waals surface area contributed by atoms with Crippen molar-refractivity contribution in [1.82, 2.24) is 20.1 Å². The molecule has 0 bridgehead atoms. The van der Waals surface area contributed by atoms with Crippen LogP contribution in [0, 0.1) is 4.77 Å². The summed E-state index contributed by atoms with van der Waals surface area (Å²) in [6.45, 7) is 5.97. The summed E-state index contributed by atoms with van der Waals surface area (Å²) < 4.78 is 7.85. The fraction of sp³-hybridized carbons (Fsp3) is 0.750. The minimum absolute atomic E-state index is 0.0291. The van der Waals surface area contributed by atoms with Gasteiger partial charge in [-0.3, -0.25) is 9.89 Å². The lowest BCUT2D eigenvalue weighted by molar-refractivity contribution is -0.130. The van der Waals surface area contributed by atoms with Gasteiger partial charge in [-0.25, -0.2) is 0 Å². The molecule has 2 N–H and O–H groups in total. The average Bonchev–Trinajstić information content (AvgIpc) is 2.99. The summed E-state index contributed by atoms with van der Waals surface area (Å²) in [6.07, 6.45) is 1.50. The molecule has 0 aliphatic carbocycles. The fourth-order valence-electron chi connectivity index (χ4n) is 2.18. The van der Waals surface area contributed by atoms with Crippen molar-refractivity contribution >= 4 is 18.1 Å². The number of amides is 1. The van der Waals surface area contributed by atoms with Crippen LogP contribution < -0.4 is 5.32 Å². The molecule has 1 aromatic rings. The minimum Gasteiger partial charge on any atom is -0.368 e. The van der Waals surface area contributed by atoms with E-state index in [1.165, 1.54) is 0 Å². The van der Waals surface area contributed by atoms with Crippen LogP contribution in [0.15, 0.2) is 0 Å². The Hall–Kier alpha value is -1.21. The van der Waals surface area contributed by atoms with Gasteiger partial charge in [0.05, 0.1) is 0 Å². The molecule has 0 saturated carbocycles. The Morgan fingerprint density at radius 2 is 2.47 bits per heavy atom. The van der Waals surface area contributed by atoms with E-state index in [4.69, 9.17) is 17.0 Å². The molecule has 1 atom stereocenters. The molecule has 1 saturated heterocycles. The van der Waals surface area contributed by atoms with E-state index in [1.54, 1.807) is 0 Å². The van der Waals surface area contributed by atoms with Gasteiger partial charge in [0.15, 0.2) is 4.77 Å². The van der Waals surface area contributed by atoms with E-state index in [1.807, 2.05) is 4.57 Å². The second-order valence-electron chi connectivity index (χ2n) is 4.99. The predicted octanol–water partition coefficient (Wildman–Crippen LogP) is 1.36. The summed E-state index contributed by atoms with van der Waals surface area (Å²) >= 11 is 5.19. The van der Waals surface area contributed by atoms with Crippen molar-refractivity contribution in [2.24, 2.45) is 0 Å². The summed E-state index contributed by atoms with van der Waals surface area (Å²) in [7, 11) is 0. The van der Waals surface area contributed by atoms with Gasteiger partial charge in [0.1, 0.15) is 11.9 Å². The van der Waals surface area contributed by atoms with Crippen LogP contribution in [0.4, 0.5) is 0 Å². The van der Waals surface area contributed by atoms with Crippen LogP contribution in [0.25, 0.3) is 0 Å². The van der Waals surface area contributed by atoms with Gasteiger partial charge in [-0.15, -0.1) is 0 Å². The molecule has 6 nitrogen and oxygen atoms in total. The number of H-pyrrole nitrogens is 1. The number of nitrogens with one attached hydrogen (secondary N) is 2. The van der Waals surface area contributed by atoms with Gasteiger partial charge in [-0.1, -0.05) is 13.8 Å². The summed E-state index contributed by atoms with van der Waals surface area (Å²) in [5.74, 6) is 1.18. The molecule has 1 amide bonds. The Bertz CT molecular complexity index is 488. The topological polar surface area (TPSA) is 71.9 Å². The molecular formula is C12H20N4O2S. The van der Waals surface area contributed by atoms with E-state index in [0.717, 1.165) is 18.7 Å². The number of carbonyl (C=O) groups is 1. The van der Waals surface area contributed by atoms with Crippen molar-refractivity contribution in [1.29, 1.82) is 0 Å². The SMILES string of the molecule is CC(C)c1n[nH]c(=S)n1CCNC(=O)[C@@H]1CCCO1. The van der Waals surface area contributed by atoms with E-state index >= 15 is 0 Å². The standard InChI is InChI=1S/C12H20N4O2S/c1-8(2)10-14-15-12(19)16(10)6-5-13-11(17)9-4-3-7-18-9/h8-9H,3-7H2,1-2H3,(H,13,17)(H,15,19)/t9-/m0/s1. The Labute approximate surface area is 117 Å². The number of hydrogen-bond acceptors (Lipinski definition) is 4. The highest BCUT2D eigenvalue weighted by atomic mass is 32.1. The third-order valence-corrected chi connectivity index (χ3v) is 3.47. The highest BCUT2D eigenvalue weighted by molar-refractivity contribution is 7.71. The van der Waals surface area contributed by atoms with Gasteiger partial charge in [-0.2, -0.15) is 5.10 Å². The monoisotopic (exact) mass is 284 g/mol. The molecule has 0 aromatic carbocycles. The molecule has 1 fully saturated rings. The van der Waals surface area contributed by atoms with Crippen molar-refractivity contribution in [3.63, 3.8) is 0 Å². The lowest BCUT2D eigenvalue weighted by Gasteiger charge is -2.12. The van der Waals surface area contributed by atoms with Crippen LogP contribution in [-0.2, 0) is 16.1 Å². The zero-order valence-electron chi connectivity index (χ0n) is 11.3. The number of hydrogen-bond donors (Lipinski definition) is 2. The number of nitrogens with zero attached hydrogens (tertiary/aromatic N) is 2. The van der Waals surface area contributed by atoms with E-state index in [2.05, 4.69) is 29.4 Å². The third-order valence-electron chi connectivity index (χ3n) is 3.16. The number of ether oxygens (including phenoxy) is 1. The van der Waals surface area contributed by atoms with E-state index in [0.29, 0.717) is 30.4 Å². The molecule has 1 aliphatic heterocycles. The minimum atomic E-state index is -0.276. The van der Waals surface area contributed by atoms with Crippen molar-refractivity contribution in [3.8, 4) is 0 Å².